The Bertz CT molecular complexity index is 987. The minimum absolute atomic E-state index is 0.577. The van der Waals surface area contributed by atoms with Crippen molar-refractivity contribution in [3.05, 3.63) is 72.3 Å². The van der Waals surface area contributed by atoms with Crippen molar-refractivity contribution < 1.29 is 0 Å². The average Bonchev–Trinajstić information content (AvgIpc) is 3.00. The number of pyridine rings is 1. The van der Waals surface area contributed by atoms with Crippen molar-refractivity contribution in [1.82, 2.24) is 14.6 Å². The molecular weight excluding hydrogens is 284 g/mol. The average molecular weight is 300 g/mol. The maximum atomic E-state index is 6.18. The second kappa shape index (κ2) is 5.25. The van der Waals surface area contributed by atoms with Crippen LogP contribution in [0.5, 0.6) is 0 Å². The van der Waals surface area contributed by atoms with Crippen LogP contribution in [-0.2, 0) is 0 Å². The van der Waals surface area contributed by atoms with Gasteiger partial charge in [0.05, 0.1) is 0 Å². The zero-order valence-corrected chi connectivity index (χ0v) is 12.8. The highest BCUT2D eigenvalue weighted by atomic mass is 15.3. The summed E-state index contributed by atoms with van der Waals surface area (Å²) >= 11 is 0. The van der Waals surface area contributed by atoms with Gasteiger partial charge in [0.2, 0.25) is 0 Å². The molecule has 4 rings (SSSR count). The predicted molar refractivity (Wildman–Crippen MR) is 93.0 cm³/mol. The first kappa shape index (κ1) is 13.5. The molecule has 4 aromatic rings. The summed E-state index contributed by atoms with van der Waals surface area (Å²) < 4.78 is 1.68. The highest BCUT2D eigenvalue weighted by molar-refractivity contribution is 5.72. The summed E-state index contributed by atoms with van der Waals surface area (Å²) in [5.74, 6) is 1.26. The summed E-state index contributed by atoms with van der Waals surface area (Å²) in [5.41, 5.74) is 11.3. The van der Waals surface area contributed by atoms with Crippen molar-refractivity contribution in [1.29, 1.82) is 0 Å². The number of aromatic nitrogens is 3. The van der Waals surface area contributed by atoms with Crippen LogP contribution in [0.15, 0.2) is 66.7 Å². The molecule has 2 heterocycles. The molecule has 0 aliphatic heterocycles. The van der Waals surface area contributed by atoms with E-state index in [-0.39, 0.29) is 0 Å². The van der Waals surface area contributed by atoms with E-state index in [1.807, 2.05) is 48.5 Å². The van der Waals surface area contributed by atoms with Gasteiger partial charge in [0, 0.05) is 5.56 Å². The lowest BCUT2D eigenvalue weighted by Crippen LogP contribution is -1.99. The number of benzene rings is 2. The summed E-state index contributed by atoms with van der Waals surface area (Å²) in [5, 5.41) is 4.52. The van der Waals surface area contributed by atoms with Crippen LogP contribution < -0.4 is 5.73 Å². The molecule has 4 heteroatoms. The lowest BCUT2D eigenvalue weighted by atomic mass is 10.0. The van der Waals surface area contributed by atoms with Crippen molar-refractivity contribution in [3.8, 4) is 22.5 Å². The van der Waals surface area contributed by atoms with E-state index in [1.165, 1.54) is 5.56 Å². The zero-order valence-electron chi connectivity index (χ0n) is 12.8. The fraction of sp³-hybridized carbons (Fsp3) is 0.0526. The van der Waals surface area contributed by atoms with Gasteiger partial charge in [-0.3, -0.25) is 0 Å². The minimum Gasteiger partial charge on any atom is -0.384 e. The molecule has 0 bridgehead atoms. The van der Waals surface area contributed by atoms with E-state index in [0.29, 0.717) is 11.6 Å². The lowest BCUT2D eigenvalue weighted by molar-refractivity contribution is 0.979. The lowest BCUT2D eigenvalue weighted by Gasteiger charge is -2.05. The fourth-order valence-corrected chi connectivity index (χ4v) is 2.71. The molecule has 2 N–H and O–H groups in total. The number of aryl methyl sites for hydroxylation is 1. The molecule has 0 unspecified atom stereocenters. The number of rotatable bonds is 2. The van der Waals surface area contributed by atoms with Crippen LogP contribution in [0.25, 0.3) is 28.2 Å². The Morgan fingerprint density at radius 2 is 1.61 bits per heavy atom. The first-order valence-corrected chi connectivity index (χ1v) is 7.49. The number of hydrogen-bond donors (Lipinski definition) is 1. The van der Waals surface area contributed by atoms with Crippen LogP contribution in [0, 0.1) is 6.92 Å². The van der Waals surface area contributed by atoms with E-state index in [1.54, 1.807) is 4.52 Å². The van der Waals surface area contributed by atoms with Gasteiger partial charge < -0.3 is 5.73 Å². The fourth-order valence-electron chi connectivity index (χ4n) is 2.71. The Hall–Kier alpha value is -3.14. The molecule has 0 spiro atoms. The Morgan fingerprint density at radius 3 is 2.39 bits per heavy atom. The molecule has 23 heavy (non-hydrogen) atoms. The maximum absolute atomic E-state index is 6.18. The van der Waals surface area contributed by atoms with Crippen LogP contribution in [0.3, 0.4) is 0 Å². The van der Waals surface area contributed by atoms with E-state index < -0.39 is 0 Å². The molecule has 0 saturated carbocycles. The van der Waals surface area contributed by atoms with E-state index in [0.717, 1.165) is 22.3 Å². The van der Waals surface area contributed by atoms with E-state index >= 15 is 0 Å². The number of nitrogens with zero attached hydrogens (tertiary/aromatic N) is 3. The molecule has 112 valence electrons. The molecule has 0 atom stereocenters. The Labute approximate surface area is 134 Å². The highest BCUT2D eigenvalue weighted by Crippen LogP contribution is 2.25. The number of anilines is 1. The van der Waals surface area contributed by atoms with Crippen molar-refractivity contribution in [2.45, 2.75) is 6.92 Å². The van der Waals surface area contributed by atoms with Crippen LogP contribution in [0.2, 0.25) is 0 Å². The van der Waals surface area contributed by atoms with Crippen LogP contribution in [-0.4, -0.2) is 14.6 Å². The van der Waals surface area contributed by atoms with E-state index in [9.17, 15) is 0 Å². The van der Waals surface area contributed by atoms with Crippen LogP contribution in [0.1, 0.15) is 5.56 Å². The Balaban J connectivity index is 1.88. The molecule has 2 aromatic carbocycles. The Morgan fingerprint density at radius 1 is 0.826 bits per heavy atom. The second-order valence-electron chi connectivity index (χ2n) is 5.61. The van der Waals surface area contributed by atoms with Gasteiger partial charge in [-0.25, -0.2) is 4.98 Å². The predicted octanol–water partition coefficient (Wildman–Crippen LogP) is 3.95. The molecule has 0 radical (unpaired) electrons. The number of nitrogen functional groups attached to an aromatic ring is 1. The van der Waals surface area contributed by atoms with Crippen LogP contribution >= 0.6 is 0 Å². The Kier molecular flexibility index (Phi) is 3.08. The summed E-state index contributed by atoms with van der Waals surface area (Å²) in [7, 11) is 0. The molecule has 0 amide bonds. The van der Waals surface area contributed by atoms with Crippen LogP contribution in [0.4, 0.5) is 5.82 Å². The molecule has 0 saturated heterocycles. The molecule has 4 nitrogen and oxygen atoms in total. The molecular formula is C19H16N4. The van der Waals surface area contributed by atoms with Crippen molar-refractivity contribution in [2.24, 2.45) is 0 Å². The largest absolute Gasteiger partial charge is 0.384 e. The van der Waals surface area contributed by atoms with Gasteiger partial charge >= 0.3 is 0 Å². The zero-order chi connectivity index (χ0) is 15.8. The van der Waals surface area contributed by atoms with Gasteiger partial charge in [-0.2, -0.15) is 4.52 Å². The number of hydrogen-bond acceptors (Lipinski definition) is 3. The summed E-state index contributed by atoms with van der Waals surface area (Å²) in [6.45, 7) is 2.08. The number of nitrogens with two attached hydrogens (primary N) is 1. The summed E-state index contributed by atoms with van der Waals surface area (Å²) in [6.07, 6.45) is 0. The third kappa shape index (κ3) is 2.44. The first-order chi connectivity index (χ1) is 11.2. The minimum atomic E-state index is 0.577. The monoisotopic (exact) mass is 300 g/mol. The quantitative estimate of drug-likeness (QED) is 0.609. The van der Waals surface area contributed by atoms with Crippen molar-refractivity contribution in [2.75, 3.05) is 5.73 Å². The summed E-state index contributed by atoms with van der Waals surface area (Å²) in [4.78, 5) is 4.62. The normalized spacial score (nSPS) is 11.0. The molecule has 2 aromatic heterocycles. The topological polar surface area (TPSA) is 56.2 Å². The van der Waals surface area contributed by atoms with Crippen molar-refractivity contribution in [3.63, 3.8) is 0 Å². The van der Waals surface area contributed by atoms with E-state index in [4.69, 9.17) is 5.73 Å². The van der Waals surface area contributed by atoms with E-state index in [2.05, 4.69) is 35.2 Å². The second-order valence-corrected chi connectivity index (χ2v) is 5.61. The maximum Gasteiger partial charge on any atom is 0.182 e. The number of fused-ring (bicyclic) bond motifs is 1. The van der Waals surface area contributed by atoms with Gasteiger partial charge in [-0.1, -0.05) is 60.2 Å². The third-order valence-corrected chi connectivity index (χ3v) is 3.85. The van der Waals surface area contributed by atoms with Gasteiger partial charge in [-0.15, -0.1) is 5.10 Å². The SMILES string of the molecule is Cc1cccc(-c2cc(N)n3nc(-c4ccccc4)nc3c2)c1. The third-order valence-electron chi connectivity index (χ3n) is 3.85. The molecule has 0 fully saturated rings. The smallest absolute Gasteiger partial charge is 0.182 e. The first-order valence-electron chi connectivity index (χ1n) is 7.49. The standard InChI is InChI=1S/C19H16N4/c1-13-6-5-9-15(10-13)16-11-17(20)23-18(12-16)21-19(22-23)14-7-3-2-4-8-14/h2-12H,20H2,1H3. The van der Waals surface area contributed by atoms with Gasteiger partial charge in [0.1, 0.15) is 5.82 Å². The van der Waals surface area contributed by atoms with Gasteiger partial charge in [0.25, 0.3) is 0 Å². The molecule has 0 aliphatic rings. The van der Waals surface area contributed by atoms with Crippen molar-refractivity contribution >= 4 is 11.5 Å². The highest BCUT2D eigenvalue weighted by Gasteiger charge is 2.10. The molecule has 0 aliphatic carbocycles. The summed E-state index contributed by atoms with van der Waals surface area (Å²) in [6, 6.07) is 22.2. The van der Waals surface area contributed by atoms with Gasteiger partial charge in [-0.05, 0) is 30.2 Å². The van der Waals surface area contributed by atoms with Gasteiger partial charge in [0.15, 0.2) is 11.5 Å².